The molecule has 1 heterocycles. The molecule has 102 valence electrons. The van der Waals surface area contributed by atoms with Gasteiger partial charge in [-0.3, -0.25) is 4.68 Å². The second kappa shape index (κ2) is 6.27. The Kier molecular flexibility index (Phi) is 4.90. The molecule has 1 unspecified atom stereocenters. The summed E-state index contributed by atoms with van der Waals surface area (Å²) in [5.41, 5.74) is 1.96. The third-order valence-electron chi connectivity index (χ3n) is 2.91. The molecule has 1 aromatic carbocycles. The fourth-order valence-corrected chi connectivity index (χ4v) is 3.04. The van der Waals surface area contributed by atoms with Gasteiger partial charge >= 0.3 is 0 Å². The van der Waals surface area contributed by atoms with Gasteiger partial charge in [-0.1, -0.05) is 42.3 Å². The molecule has 3 nitrogen and oxygen atoms in total. The van der Waals surface area contributed by atoms with Crippen molar-refractivity contribution in [2.45, 2.75) is 13.0 Å². The Morgan fingerprint density at radius 3 is 2.74 bits per heavy atom. The first-order valence-corrected chi connectivity index (χ1v) is 7.45. The largest absolute Gasteiger partial charge is 0.305 e. The standard InChI is InChI=1S/C13H14BrCl2N3/c1-3-17-12(13-9(14)7-18-19(13)2)8-5-4-6-10(15)11(8)16/h4-7,12,17H,3H2,1-2H3. The number of halogens is 3. The van der Waals surface area contributed by atoms with Crippen LogP contribution in [-0.4, -0.2) is 16.3 Å². The molecule has 6 heteroatoms. The molecular formula is C13H14BrCl2N3. The molecule has 0 fully saturated rings. The summed E-state index contributed by atoms with van der Waals surface area (Å²) in [6.45, 7) is 2.86. The Hall–Kier alpha value is -0.550. The lowest BCUT2D eigenvalue weighted by atomic mass is 10.0. The number of benzene rings is 1. The maximum Gasteiger partial charge on any atom is 0.0774 e. The zero-order chi connectivity index (χ0) is 14.0. The molecule has 19 heavy (non-hydrogen) atoms. The third kappa shape index (κ3) is 2.97. The van der Waals surface area contributed by atoms with Gasteiger partial charge in [-0.05, 0) is 34.1 Å². The van der Waals surface area contributed by atoms with Crippen LogP contribution < -0.4 is 5.32 Å². The molecule has 2 rings (SSSR count). The van der Waals surface area contributed by atoms with Crippen LogP contribution in [0.5, 0.6) is 0 Å². The first kappa shape index (κ1) is 14.9. The number of hydrogen-bond donors (Lipinski definition) is 1. The Bertz CT molecular complexity index is 564. The van der Waals surface area contributed by atoms with Crippen LogP contribution in [0.3, 0.4) is 0 Å². The first-order valence-electron chi connectivity index (χ1n) is 5.91. The summed E-state index contributed by atoms with van der Waals surface area (Å²) in [6, 6.07) is 5.60. The first-order chi connectivity index (χ1) is 9.06. The Morgan fingerprint density at radius 1 is 1.42 bits per heavy atom. The summed E-state index contributed by atoms with van der Waals surface area (Å²) in [6.07, 6.45) is 1.78. The average molecular weight is 363 g/mol. The van der Waals surface area contributed by atoms with E-state index in [9.17, 15) is 0 Å². The average Bonchev–Trinajstić information content (AvgIpc) is 2.70. The minimum absolute atomic E-state index is 0.0573. The van der Waals surface area contributed by atoms with Crippen molar-refractivity contribution in [1.82, 2.24) is 15.1 Å². The molecule has 0 aliphatic carbocycles. The summed E-state index contributed by atoms with van der Waals surface area (Å²) in [7, 11) is 1.91. The number of nitrogens with zero attached hydrogens (tertiary/aromatic N) is 2. The summed E-state index contributed by atoms with van der Waals surface area (Å²) < 4.78 is 2.77. The van der Waals surface area contributed by atoms with Crippen LogP contribution in [0, 0.1) is 0 Å². The lowest BCUT2D eigenvalue weighted by molar-refractivity contribution is 0.571. The van der Waals surface area contributed by atoms with Crippen molar-refractivity contribution in [3.05, 3.63) is 50.2 Å². The van der Waals surface area contributed by atoms with Crippen molar-refractivity contribution < 1.29 is 0 Å². The molecule has 1 aromatic heterocycles. The highest BCUT2D eigenvalue weighted by molar-refractivity contribution is 9.10. The van der Waals surface area contributed by atoms with Crippen molar-refractivity contribution in [2.24, 2.45) is 7.05 Å². The predicted octanol–water partition coefficient (Wildman–Crippen LogP) is 4.19. The highest BCUT2D eigenvalue weighted by Crippen LogP contribution is 2.35. The Morgan fingerprint density at radius 2 is 2.16 bits per heavy atom. The van der Waals surface area contributed by atoms with Crippen molar-refractivity contribution in [3.63, 3.8) is 0 Å². The van der Waals surface area contributed by atoms with Gasteiger partial charge in [0, 0.05) is 7.05 Å². The molecule has 0 saturated heterocycles. The van der Waals surface area contributed by atoms with Crippen LogP contribution in [0.15, 0.2) is 28.9 Å². The highest BCUT2D eigenvalue weighted by atomic mass is 79.9. The third-order valence-corrected chi connectivity index (χ3v) is 4.36. The maximum absolute atomic E-state index is 6.33. The van der Waals surface area contributed by atoms with E-state index in [0.29, 0.717) is 10.0 Å². The van der Waals surface area contributed by atoms with Crippen molar-refractivity contribution >= 4 is 39.1 Å². The molecule has 0 radical (unpaired) electrons. The van der Waals surface area contributed by atoms with E-state index in [0.717, 1.165) is 22.3 Å². The van der Waals surface area contributed by atoms with E-state index in [4.69, 9.17) is 23.2 Å². The van der Waals surface area contributed by atoms with Gasteiger partial charge in [0.25, 0.3) is 0 Å². The Balaban J connectivity index is 2.55. The lowest BCUT2D eigenvalue weighted by Gasteiger charge is -2.21. The van der Waals surface area contributed by atoms with Crippen molar-refractivity contribution in [3.8, 4) is 0 Å². The van der Waals surface area contributed by atoms with Crippen LogP contribution in [0.4, 0.5) is 0 Å². The smallest absolute Gasteiger partial charge is 0.0774 e. The molecule has 1 atom stereocenters. The van der Waals surface area contributed by atoms with E-state index in [1.807, 2.05) is 23.9 Å². The molecule has 1 N–H and O–H groups in total. The normalized spacial score (nSPS) is 12.7. The van der Waals surface area contributed by atoms with Gasteiger partial charge in [-0.15, -0.1) is 0 Å². The zero-order valence-electron chi connectivity index (χ0n) is 10.6. The van der Waals surface area contributed by atoms with Gasteiger partial charge in [0.2, 0.25) is 0 Å². The lowest BCUT2D eigenvalue weighted by Crippen LogP contribution is -2.25. The molecule has 0 spiro atoms. The van der Waals surface area contributed by atoms with E-state index >= 15 is 0 Å². The van der Waals surface area contributed by atoms with E-state index in [2.05, 4.69) is 33.3 Å². The molecule has 0 aliphatic rings. The second-order valence-corrected chi connectivity index (χ2v) is 5.77. The minimum atomic E-state index is -0.0573. The van der Waals surface area contributed by atoms with Crippen LogP contribution in [0.25, 0.3) is 0 Å². The molecule has 0 saturated carbocycles. The highest BCUT2D eigenvalue weighted by Gasteiger charge is 2.22. The quantitative estimate of drug-likeness (QED) is 0.883. The number of rotatable bonds is 4. The predicted molar refractivity (Wildman–Crippen MR) is 82.9 cm³/mol. The van der Waals surface area contributed by atoms with Gasteiger partial charge in [0.15, 0.2) is 0 Å². The van der Waals surface area contributed by atoms with Crippen LogP contribution in [0.2, 0.25) is 10.0 Å². The van der Waals surface area contributed by atoms with Gasteiger partial charge in [-0.2, -0.15) is 5.10 Å². The summed E-state index contributed by atoms with van der Waals surface area (Å²) in [5.74, 6) is 0. The monoisotopic (exact) mass is 361 g/mol. The summed E-state index contributed by atoms with van der Waals surface area (Å²) in [4.78, 5) is 0. The van der Waals surface area contributed by atoms with Gasteiger partial charge < -0.3 is 5.32 Å². The second-order valence-electron chi connectivity index (χ2n) is 4.14. The Labute approximate surface area is 131 Å². The zero-order valence-corrected chi connectivity index (χ0v) is 13.7. The number of nitrogens with one attached hydrogen (secondary N) is 1. The van der Waals surface area contributed by atoms with Crippen LogP contribution in [-0.2, 0) is 7.05 Å². The van der Waals surface area contributed by atoms with Crippen LogP contribution in [0.1, 0.15) is 24.2 Å². The summed E-state index contributed by atoms with van der Waals surface area (Å²) >= 11 is 16.0. The van der Waals surface area contributed by atoms with Gasteiger partial charge in [0.1, 0.15) is 0 Å². The van der Waals surface area contributed by atoms with Crippen molar-refractivity contribution in [2.75, 3.05) is 6.54 Å². The number of aryl methyl sites for hydroxylation is 1. The minimum Gasteiger partial charge on any atom is -0.305 e. The fourth-order valence-electron chi connectivity index (χ4n) is 2.05. The van der Waals surface area contributed by atoms with E-state index in [-0.39, 0.29) is 6.04 Å². The maximum atomic E-state index is 6.33. The molecular weight excluding hydrogens is 349 g/mol. The van der Waals surface area contributed by atoms with Crippen molar-refractivity contribution in [1.29, 1.82) is 0 Å². The number of aromatic nitrogens is 2. The molecule has 0 aliphatic heterocycles. The summed E-state index contributed by atoms with van der Waals surface area (Å²) in [5, 5.41) is 8.80. The van der Waals surface area contributed by atoms with Gasteiger partial charge in [-0.25, -0.2) is 0 Å². The van der Waals surface area contributed by atoms with E-state index in [1.165, 1.54) is 0 Å². The van der Waals surface area contributed by atoms with Crippen LogP contribution >= 0.6 is 39.1 Å². The fraction of sp³-hybridized carbons (Fsp3) is 0.308. The topological polar surface area (TPSA) is 29.9 Å². The SMILES string of the molecule is CCNC(c1cccc(Cl)c1Cl)c1c(Br)cnn1C. The molecule has 2 aromatic rings. The molecule has 0 amide bonds. The number of hydrogen-bond acceptors (Lipinski definition) is 2. The molecule has 0 bridgehead atoms. The van der Waals surface area contributed by atoms with Gasteiger partial charge in [0.05, 0.1) is 32.5 Å². The van der Waals surface area contributed by atoms with E-state index in [1.54, 1.807) is 12.3 Å². The van der Waals surface area contributed by atoms with E-state index < -0.39 is 0 Å².